The van der Waals surface area contributed by atoms with Crippen molar-refractivity contribution >= 4 is 5.97 Å². The van der Waals surface area contributed by atoms with Gasteiger partial charge in [0.25, 0.3) is 0 Å². The molecule has 0 amide bonds. The minimum absolute atomic E-state index is 0.425. The van der Waals surface area contributed by atoms with Crippen molar-refractivity contribution < 1.29 is 9.90 Å². The molecule has 1 rings (SSSR count). The molecule has 0 aromatic heterocycles. The van der Waals surface area contributed by atoms with Crippen LogP contribution in [0.2, 0.25) is 0 Å². The zero-order chi connectivity index (χ0) is 12.0. The van der Waals surface area contributed by atoms with Crippen molar-refractivity contribution in [3.8, 4) is 0 Å². The molecule has 16 heavy (non-hydrogen) atoms. The summed E-state index contributed by atoms with van der Waals surface area (Å²) in [6.45, 7) is 6.53. The van der Waals surface area contributed by atoms with Gasteiger partial charge in [0.05, 0.1) is 0 Å². The van der Waals surface area contributed by atoms with Gasteiger partial charge in [-0.05, 0) is 32.9 Å². The van der Waals surface area contributed by atoms with E-state index >= 15 is 0 Å². The number of hydrogen-bond donors (Lipinski definition) is 2. The van der Waals surface area contributed by atoms with E-state index in [1.165, 1.54) is 25.7 Å². The van der Waals surface area contributed by atoms with Gasteiger partial charge in [0.2, 0.25) is 0 Å². The molecule has 1 saturated heterocycles. The van der Waals surface area contributed by atoms with Crippen molar-refractivity contribution in [1.29, 1.82) is 0 Å². The zero-order valence-corrected chi connectivity index (χ0v) is 10.4. The van der Waals surface area contributed by atoms with Crippen molar-refractivity contribution in [2.24, 2.45) is 0 Å². The number of likely N-dealkylation sites (N-methyl/N-ethyl adjacent to an activating group) is 1. The minimum atomic E-state index is -0.738. The minimum Gasteiger partial charge on any atom is -0.480 e. The maximum Gasteiger partial charge on any atom is 0.322 e. The topological polar surface area (TPSA) is 52.6 Å². The molecule has 0 spiro atoms. The number of nitrogens with one attached hydrogen (secondary N) is 1. The lowest BCUT2D eigenvalue weighted by atomic mass is 10.1. The van der Waals surface area contributed by atoms with Crippen LogP contribution in [0.5, 0.6) is 0 Å². The van der Waals surface area contributed by atoms with Gasteiger partial charge in [-0.1, -0.05) is 19.8 Å². The molecule has 1 fully saturated rings. The first-order chi connectivity index (χ1) is 7.65. The van der Waals surface area contributed by atoms with E-state index < -0.39 is 12.0 Å². The Morgan fingerprint density at radius 1 is 1.50 bits per heavy atom. The number of hydrogen-bond acceptors (Lipinski definition) is 3. The van der Waals surface area contributed by atoms with Gasteiger partial charge >= 0.3 is 5.97 Å². The number of aliphatic carboxylic acids is 1. The van der Waals surface area contributed by atoms with Gasteiger partial charge in [0, 0.05) is 12.6 Å². The molecule has 1 aliphatic rings. The second kappa shape index (κ2) is 6.86. The Kier molecular flexibility index (Phi) is 5.77. The first-order valence-corrected chi connectivity index (χ1v) is 6.35. The van der Waals surface area contributed by atoms with Gasteiger partial charge in [0.1, 0.15) is 6.04 Å². The van der Waals surface area contributed by atoms with Crippen molar-refractivity contribution in [3.05, 3.63) is 0 Å². The lowest BCUT2D eigenvalue weighted by Gasteiger charge is -2.29. The molecule has 0 saturated carbocycles. The number of nitrogens with zero attached hydrogens (tertiary/aromatic N) is 1. The average Bonchev–Trinajstić information content (AvgIpc) is 2.43. The molecule has 4 nitrogen and oxygen atoms in total. The van der Waals surface area contributed by atoms with Crippen molar-refractivity contribution in [2.45, 2.75) is 51.6 Å². The first kappa shape index (κ1) is 13.5. The zero-order valence-electron chi connectivity index (χ0n) is 10.4. The smallest absolute Gasteiger partial charge is 0.322 e. The standard InChI is InChI=1S/C12H24N2O2/c1-3-13-11(12(15)16)9-14-8-6-4-5-7-10(14)2/h10-11,13H,3-9H2,1-2H3,(H,15,16). The summed E-state index contributed by atoms with van der Waals surface area (Å²) in [6.07, 6.45) is 4.94. The van der Waals surface area contributed by atoms with Crippen LogP contribution in [0.1, 0.15) is 39.5 Å². The Labute approximate surface area is 98.0 Å². The molecule has 0 aromatic rings. The first-order valence-electron chi connectivity index (χ1n) is 6.35. The summed E-state index contributed by atoms with van der Waals surface area (Å²) >= 11 is 0. The molecule has 2 unspecified atom stereocenters. The molecule has 0 bridgehead atoms. The van der Waals surface area contributed by atoms with Gasteiger partial charge < -0.3 is 10.4 Å². The van der Waals surface area contributed by atoms with Gasteiger partial charge in [-0.25, -0.2) is 0 Å². The van der Waals surface area contributed by atoms with Gasteiger partial charge in [-0.15, -0.1) is 0 Å². The Hall–Kier alpha value is -0.610. The molecular formula is C12H24N2O2. The largest absolute Gasteiger partial charge is 0.480 e. The van der Waals surface area contributed by atoms with Gasteiger partial charge in [-0.2, -0.15) is 0 Å². The van der Waals surface area contributed by atoms with Crippen LogP contribution in [0, 0.1) is 0 Å². The summed E-state index contributed by atoms with van der Waals surface area (Å²) in [5, 5.41) is 12.1. The van der Waals surface area contributed by atoms with E-state index in [2.05, 4.69) is 17.1 Å². The van der Waals surface area contributed by atoms with Crippen LogP contribution in [-0.4, -0.2) is 47.7 Å². The molecule has 4 heteroatoms. The number of rotatable bonds is 5. The predicted molar refractivity (Wildman–Crippen MR) is 64.6 cm³/mol. The molecule has 1 heterocycles. The third-order valence-corrected chi connectivity index (χ3v) is 3.36. The van der Waals surface area contributed by atoms with Crippen LogP contribution in [0.4, 0.5) is 0 Å². The third-order valence-electron chi connectivity index (χ3n) is 3.36. The van der Waals surface area contributed by atoms with Crippen molar-refractivity contribution in [2.75, 3.05) is 19.6 Å². The quantitative estimate of drug-likeness (QED) is 0.745. The fourth-order valence-electron chi connectivity index (χ4n) is 2.32. The SMILES string of the molecule is CCNC(CN1CCCCCC1C)C(=O)O. The van der Waals surface area contributed by atoms with Crippen LogP contribution >= 0.6 is 0 Å². The molecule has 1 aliphatic heterocycles. The summed E-state index contributed by atoms with van der Waals surface area (Å²) in [5.41, 5.74) is 0. The number of likely N-dealkylation sites (tertiary alicyclic amines) is 1. The maximum absolute atomic E-state index is 11.1. The highest BCUT2D eigenvalue weighted by molar-refractivity contribution is 5.73. The third kappa shape index (κ3) is 4.10. The summed E-state index contributed by atoms with van der Waals surface area (Å²) in [5.74, 6) is -0.738. The average molecular weight is 228 g/mol. The van der Waals surface area contributed by atoms with Crippen LogP contribution < -0.4 is 5.32 Å². The maximum atomic E-state index is 11.1. The van der Waals surface area contributed by atoms with Crippen molar-refractivity contribution in [3.63, 3.8) is 0 Å². The van der Waals surface area contributed by atoms with Gasteiger partial charge in [0.15, 0.2) is 0 Å². The molecule has 0 aromatic carbocycles. The van der Waals surface area contributed by atoms with E-state index in [0.717, 1.165) is 6.54 Å². The highest BCUT2D eigenvalue weighted by Gasteiger charge is 2.23. The van der Waals surface area contributed by atoms with E-state index in [1.54, 1.807) is 0 Å². The predicted octanol–water partition coefficient (Wildman–Crippen LogP) is 1.31. The van der Waals surface area contributed by atoms with Crippen LogP contribution in [0.15, 0.2) is 0 Å². The van der Waals surface area contributed by atoms with Crippen molar-refractivity contribution in [1.82, 2.24) is 10.2 Å². The van der Waals surface area contributed by atoms with E-state index in [1.807, 2.05) is 6.92 Å². The highest BCUT2D eigenvalue weighted by atomic mass is 16.4. The van der Waals surface area contributed by atoms with E-state index in [-0.39, 0.29) is 0 Å². The van der Waals surface area contributed by atoms with Gasteiger partial charge in [-0.3, -0.25) is 9.69 Å². The Balaban J connectivity index is 2.50. The summed E-state index contributed by atoms with van der Waals surface area (Å²) < 4.78 is 0. The van der Waals surface area contributed by atoms with E-state index in [0.29, 0.717) is 19.1 Å². The number of carboxylic acid groups (broad SMARTS) is 1. The summed E-state index contributed by atoms with van der Waals surface area (Å²) in [6, 6.07) is 0.0913. The molecule has 94 valence electrons. The lowest BCUT2D eigenvalue weighted by Crippen LogP contribution is -2.48. The van der Waals surface area contributed by atoms with E-state index in [4.69, 9.17) is 5.11 Å². The second-order valence-electron chi connectivity index (χ2n) is 4.64. The van der Waals surface area contributed by atoms with Crippen LogP contribution in [-0.2, 0) is 4.79 Å². The Bertz CT molecular complexity index is 221. The monoisotopic (exact) mass is 228 g/mol. The Morgan fingerprint density at radius 3 is 2.88 bits per heavy atom. The lowest BCUT2D eigenvalue weighted by molar-refractivity contribution is -0.140. The van der Waals surface area contributed by atoms with Crippen LogP contribution in [0.25, 0.3) is 0 Å². The number of carboxylic acids is 1. The van der Waals surface area contributed by atoms with E-state index in [9.17, 15) is 4.79 Å². The highest BCUT2D eigenvalue weighted by Crippen LogP contribution is 2.16. The fourth-order valence-corrected chi connectivity index (χ4v) is 2.32. The molecule has 2 atom stereocenters. The fraction of sp³-hybridized carbons (Fsp3) is 0.917. The molecule has 0 aliphatic carbocycles. The summed E-state index contributed by atoms with van der Waals surface area (Å²) in [4.78, 5) is 13.4. The number of carbonyl (C=O) groups is 1. The Morgan fingerprint density at radius 2 is 2.25 bits per heavy atom. The second-order valence-corrected chi connectivity index (χ2v) is 4.64. The molecule has 0 radical (unpaired) electrons. The molecular weight excluding hydrogens is 204 g/mol. The van der Waals surface area contributed by atoms with Crippen LogP contribution in [0.3, 0.4) is 0 Å². The summed E-state index contributed by atoms with van der Waals surface area (Å²) in [7, 11) is 0. The normalized spacial score (nSPS) is 25.0. The molecule has 2 N–H and O–H groups in total.